The largest absolute Gasteiger partial charge is 0.381 e. The molecule has 0 bridgehead atoms. The number of morpholine rings is 1. The van der Waals surface area contributed by atoms with Crippen LogP contribution in [-0.4, -0.2) is 56.4 Å². The van der Waals surface area contributed by atoms with E-state index in [2.05, 4.69) is 0 Å². The fraction of sp³-hybridized carbons (Fsp3) is 0.900. The minimum Gasteiger partial charge on any atom is -0.381 e. The molecule has 1 atom stereocenters. The summed E-state index contributed by atoms with van der Waals surface area (Å²) >= 11 is 0. The third-order valence-corrected chi connectivity index (χ3v) is 2.42. The lowest BCUT2D eigenvalue weighted by molar-refractivity contribution is -0.139. The summed E-state index contributed by atoms with van der Waals surface area (Å²) in [6, 6.07) is 0. The number of hydrogen-bond donors (Lipinski definition) is 1. The van der Waals surface area contributed by atoms with Crippen molar-refractivity contribution < 1.29 is 14.3 Å². The molecule has 1 heterocycles. The number of halogens is 1. The zero-order valence-corrected chi connectivity index (χ0v) is 10.5. The van der Waals surface area contributed by atoms with Gasteiger partial charge < -0.3 is 20.1 Å². The van der Waals surface area contributed by atoms with Gasteiger partial charge in [-0.3, -0.25) is 4.79 Å². The highest BCUT2D eigenvalue weighted by Crippen LogP contribution is 2.05. The van der Waals surface area contributed by atoms with E-state index in [0.717, 1.165) is 0 Å². The first kappa shape index (κ1) is 15.6. The summed E-state index contributed by atoms with van der Waals surface area (Å²) in [6.45, 7) is 5.41. The molecule has 0 radical (unpaired) electrons. The van der Waals surface area contributed by atoms with Gasteiger partial charge in [-0.1, -0.05) is 0 Å². The van der Waals surface area contributed by atoms with Gasteiger partial charge in [0.15, 0.2) is 0 Å². The molecule has 1 unspecified atom stereocenters. The van der Waals surface area contributed by atoms with Crippen LogP contribution in [0.1, 0.15) is 13.3 Å². The molecule has 0 spiro atoms. The SMILES string of the molecule is CCOCCC(=O)N1CCOC(CN)C1.Cl. The van der Waals surface area contributed by atoms with Crippen molar-refractivity contribution in [1.82, 2.24) is 4.90 Å². The van der Waals surface area contributed by atoms with Crippen LogP contribution in [0, 0.1) is 0 Å². The van der Waals surface area contributed by atoms with Crippen LogP contribution in [0.3, 0.4) is 0 Å². The molecule has 0 aromatic heterocycles. The Labute approximate surface area is 103 Å². The second-order valence-corrected chi connectivity index (χ2v) is 3.52. The van der Waals surface area contributed by atoms with Crippen LogP contribution in [0.2, 0.25) is 0 Å². The quantitative estimate of drug-likeness (QED) is 0.701. The third kappa shape index (κ3) is 5.12. The highest BCUT2D eigenvalue weighted by Gasteiger charge is 2.22. The lowest BCUT2D eigenvalue weighted by atomic mass is 10.2. The smallest absolute Gasteiger partial charge is 0.225 e. The standard InChI is InChI=1S/C10H20N2O3.ClH/c1-2-14-5-3-10(13)12-4-6-15-9(7-11)8-12;/h9H,2-8,11H2,1H3;1H. The molecule has 0 aliphatic carbocycles. The number of amides is 1. The highest BCUT2D eigenvalue weighted by atomic mass is 35.5. The van der Waals surface area contributed by atoms with E-state index in [1.807, 2.05) is 6.92 Å². The molecule has 2 N–H and O–H groups in total. The average molecular weight is 253 g/mol. The molecule has 0 aromatic carbocycles. The van der Waals surface area contributed by atoms with Gasteiger partial charge in [0.1, 0.15) is 0 Å². The minimum absolute atomic E-state index is 0. The molecule has 6 heteroatoms. The summed E-state index contributed by atoms with van der Waals surface area (Å²) in [5.74, 6) is 0.130. The van der Waals surface area contributed by atoms with Crippen molar-refractivity contribution in [3.63, 3.8) is 0 Å². The van der Waals surface area contributed by atoms with E-state index < -0.39 is 0 Å². The van der Waals surface area contributed by atoms with Crippen molar-refractivity contribution in [2.45, 2.75) is 19.4 Å². The molecular formula is C10H21ClN2O3. The topological polar surface area (TPSA) is 64.8 Å². The Balaban J connectivity index is 0.00000225. The molecule has 96 valence electrons. The van der Waals surface area contributed by atoms with Crippen LogP contribution in [0.15, 0.2) is 0 Å². The van der Waals surface area contributed by atoms with Crippen LogP contribution in [-0.2, 0) is 14.3 Å². The molecule has 1 aliphatic heterocycles. The molecule has 0 saturated carbocycles. The normalized spacial score (nSPS) is 20.4. The number of rotatable bonds is 5. The van der Waals surface area contributed by atoms with Crippen molar-refractivity contribution in [3.8, 4) is 0 Å². The molecule has 5 nitrogen and oxygen atoms in total. The molecule has 16 heavy (non-hydrogen) atoms. The summed E-state index contributed by atoms with van der Waals surface area (Å²) in [5.41, 5.74) is 5.50. The number of ether oxygens (including phenoxy) is 2. The fourth-order valence-corrected chi connectivity index (χ4v) is 1.55. The first-order valence-corrected chi connectivity index (χ1v) is 5.45. The molecule has 1 amide bonds. The Morgan fingerprint density at radius 2 is 2.38 bits per heavy atom. The number of nitrogens with two attached hydrogens (primary N) is 1. The molecule has 1 saturated heterocycles. The Kier molecular flexibility index (Phi) is 8.56. The summed E-state index contributed by atoms with van der Waals surface area (Å²) in [5, 5.41) is 0. The van der Waals surface area contributed by atoms with E-state index in [1.165, 1.54) is 0 Å². The van der Waals surface area contributed by atoms with Gasteiger partial charge in [0, 0.05) is 26.2 Å². The van der Waals surface area contributed by atoms with Gasteiger partial charge in [-0.2, -0.15) is 0 Å². The maximum absolute atomic E-state index is 11.7. The molecular weight excluding hydrogens is 232 g/mol. The maximum atomic E-state index is 11.7. The summed E-state index contributed by atoms with van der Waals surface area (Å²) < 4.78 is 10.5. The summed E-state index contributed by atoms with van der Waals surface area (Å²) in [6.07, 6.45) is 0.445. The molecule has 0 aromatic rings. The molecule has 1 fully saturated rings. The van der Waals surface area contributed by atoms with Gasteiger partial charge in [-0.25, -0.2) is 0 Å². The first-order valence-electron chi connectivity index (χ1n) is 5.45. The first-order chi connectivity index (χ1) is 7.27. The highest BCUT2D eigenvalue weighted by molar-refractivity contribution is 5.85. The summed E-state index contributed by atoms with van der Waals surface area (Å²) in [4.78, 5) is 13.5. The molecule has 1 rings (SSSR count). The number of carbonyl (C=O) groups excluding carboxylic acids is 1. The average Bonchev–Trinajstić information content (AvgIpc) is 2.29. The van der Waals surface area contributed by atoms with Crippen LogP contribution in [0.25, 0.3) is 0 Å². The predicted molar refractivity (Wildman–Crippen MR) is 63.7 cm³/mol. The Morgan fingerprint density at radius 1 is 1.62 bits per heavy atom. The van der Waals surface area contributed by atoms with E-state index in [-0.39, 0.29) is 24.4 Å². The van der Waals surface area contributed by atoms with Crippen LogP contribution in [0.4, 0.5) is 0 Å². The molecule has 1 aliphatic rings. The Hall–Kier alpha value is -0.360. The third-order valence-electron chi connectivity index (χ3n) is 2.42. The number of hydrogen-bond acceptors (Lipinski definition) is 4. The van der Waals surface area contributed by atoms with E-state index in [1.54, 1.807) is 4.90 Å². The minimum atomic E-state index is -0.00482. The second-order valence-electron chi connectivity index (χ2n) is 3.52. The van der Waals surface area contributed by atoms with Gasteiger partial charge >= 0.3 is 0 Å². The lowest BCUT2D eigenvalue weighted by Gasteiger charge is -2.32. The monoisotopic (exact) mass is 252 g/mol. The van der Waals surface area contributed by atoms with Crippen LogP contribution < -0.4 is 5.73 Å². The van der Waals surface area contributed by atoms with Crippen molar-refractivity contribution in [2.75, 3.05) is 39.5 Å². The number of nitrogens with zero attached hydrogens (tertiary/aromatic N) is 1. The van der Waals surface area contributed by atoms with Gasteiger partial charge in [0.25, 0.3) is 0 Å². The van der Waals surface area contributed by atoms with Crippen LogP contribution in [0.5, 0.6) is 0 Å². The zero-order chi connectivity index (χ0) is 11.1. The van der Waals surface area contributed by atoms with Gasteiger partial charge in [-0.05, 0) is 6.92 Å². The summed E-state index contributed by atoms with van der Waals surface area (Å²) in [7, 11) is 0. The zero-order valence-electron chi connectivity index (χ0n) is 9.68. The van der Waals surface area contributed by atoms with E-state index in [0.29, 0.717) is 45.9 Å². The van der Waals surface area contributed by atoms with Crippen LogP contribution >= 0.6 is 12.4 Å². The van der Waals surface area contributed by atoms with Crippen molar-refractivity contribution in [2.24, 2.45) is 5.73 Å². The van der Waals surface area contributed by atoms with Gasteiger partial charge in [0.05, 0.1) is 25.7 Å². The van der Waals surface area contributed by atoms with E-state index in [4.69, 9.17) is 15.2 Å². The van der Waals surface area contributed by atoms with E-state index >= 15 is 0 Å². The maximum Gasteiger partial charge on any atom is 0.225 e. The van der Waals surface area contributed by atoms with Crippen molar-refractivity contribution >= 4 is 18.3 Å². The van der Waals surface area contributed by atoms with Gasteiger partial charge in [0.2, 0.25) is 5.91 Å². The predicted octanol–water partition coefficient (Wildman–Crippen LogP) is 0.0209. The number of carbonyl (C=O) groups is 1. The van der Waals surface area contributed by atoms with Gasteiger partial charge in [-0.15, -0.1) is 12.4 Å². The Bertz CT molecular complexity index is 205. The van der Waals surface area contributed by atoms with Crippen molar-refractivity contribution in [1.29, 1.82) is 0 Å². The Morgan fingerprint density at radius 3 is 3.00 bits per heavy atom. The fourth-order valence-electron chi connectivity index (χ4n) is 1.55. The second kappa shape index (κ2) is 8.75. The lowest BCUT2D eigenvalue weighted by Crippen LogP contribution is -2.48. The van der Waals surface area contributed by atoms with E-state index in [9.17, 15) is 4.79 Å². The van der Waals surface area contributed by atoms with Crippen molar-refractivity contribution in [3.05, 3.63) is 0 Å².